The number of anilines is 1. The third-order valence-electron chi connectivity index (χ3n) is 6.72. The number of hydrogen-bond acceptors (Lipinski definition) is 7. The van der Waals surface area contributed by atoms with Gasteiger partial charge in [-0.05, 0) is 56.4 Å². The minimum Gasteiger partial charge on any atom is -0.489 e. The molecule has 2 heterocycles. The van der Waals surface area contributed by atoms with E-state index in [4.69, 9.17) is 19.8 Å². The number of aromatic nitrogens is 1. The molecule has 0 spiro atoms. The van der Waals surface area contributed by atoms with E-state index in [1.165, 1.54) is 6.07 Å². The van der Waals surface area contributed by atoms with Crippen molar-refractivity contribution in [1.29, 1.82) is 0 Å². The minimum absolute atomic E-state index is 0.0802. The summed E-state index contributed by atoms with van der Waals surface area (Å²) < 4.78 is 18.3. The molecule has 1 saturated heterocycles. The largest absolute Gasteiger partial charge is 0.495 e. The van der Waals surface area contributed by atoms with Gasteiger partial charge in [0.05, 0.1) is 11.2 Å². The van der Waals surface area contributed by atoms with Gasteiger partial charge in [-0.1, -0.05) is 36.4 Å². The number of aromatic carboxylic acids is 2. The van der Waals surface area contributed by atoms with Crippen molar-refractivity contribution in [1.82, 2.24) is 4.98 Å². The topological polar surface area (TPSA) is 161 Å². The SMILES string of the molecule is CC1(C)OB(c2ccc(OCc3ccccc3)cc2-c2c(C(=O)O)c(N)[nH]c(=O)c2C(=O)O)OC1(C)C. The first-order valence-electron chi connectivity index (χ1n) is 11.5. The number of H-pyrrole nitrogens is 1. The predicted molar refractivity (Wildman–Crippen MR) is 137 cm³/mol. The van der Waals surface area contributed by atoms with Crippen LogP contribution in [-0.4, -0.2) is 45.5 Å². The molecule has 0 amide bonds. The molecule has 0 bridgehead atoms. The zero-order valence-electron chi connectivity index (χ0n) is 20.8. The van der Waals surface area contributed by atoms with Crippen LogP contribution in [0.1, 0.15) is 54.0 Å². The van der Waals surface area contributed by atoms with Gasteiger partial charge >= 0.3 is 19.1 Å². The summed E-state index contributed by atoms with van der Waals surface area (Å²) in [4.78, 5) is 39.2. The molecule has 192 valence electrons. The van der Waals surface area contributed by atoms with Gasteiger partial charge in [0.2, 0.25) is 0 Å². The zero-order valence-corrected chi connectivity index (χ0v) is 20.8. The quantitative estimate of drug-likeness (QED) is 0.353. The summed E-state index contributed by atoms with van der Waals surface area (Å²) in [7, 11) is -0.994. The van der Waals surface area contributed by atoms with Crippen LogP contribution in [0.5, 0.6) is 5.75 Å². The van der Waals surface area contributed by atoms with E-state index in [9.17, 15) is 24.6 Å². The Kier molecular flexibility index (Phi) is 6.61. The Balaban J connectivity index is 1.95. The fraction of sp³-hybridized carbons (Fsp3) is 0.269. The Bertz CT molecular complexity index is 1420. The highest BCUT2D eigenvalue weighted by Gasteiger charge is 2.52. The van der Waals surface area contributed by atoms with E-state index in [0.29, 0.717) is 11.2 Å². The smallest absolute Gasteiger partial charge is 0.489 e. The molecule has 0 radical (unpaired) electrons. The number of nitrogen functional groups attached to an aromatic ring is 1. The van der Waals surface area contributed by atoms with Crippen molar-refractivity contribution < 1.29 is 33.8 Å². The first-order chi connectivity index (χ1) is 17.3. The van der Waals surface area contributed by atoms with E-state index in [2.05, 4.69) is 4.98 Å². The summed E-state index contributed by atoms with van der Waals surface area (Å²) in [5.74, 6) is -3.30. The van der Waals surface area contributed by atoms with Crippen LogP contribution >= 0.6 is 0 Å². The van der Waals surface area contributed by atoms with Crippen molar-refractivity contribution in [3.8, 4) is 16.9 Å². The van der Waals surface area contributed by atoms with Crippen LogP contribution in [0.15, 0.2) is 53.3 Å². The van der Waals surface area contributed by atoms with Crippen LogP contribution < -0.4 is 21.5 Å². The van der Waals surface area contributed by atoms with Gasteiger partial charge in [0.25, 0.3) is 5.56 Å². The summed E-state index contributed by atoms with van der Waals surface area (Å²) in [6.45, 7) is 7.59. The number of nitrogens with one attached hydrogen (secondary N) is 1. The number of aromatic amines is 1. The fourth-order valence-electron chi connectivity index (χ4n) is 4.07. The number of carboxylic acids is 2. The normalized spacial score (nSPS) is 15.9. The molecule has 0 unspecified atom stereocenters. The number of ether oxygens (including phenoxy) is 1. The van der Waals surface area contributed by atoms with E-state index in [-0.39, 0.29) is 17.7 Å². The third-order valence-corrected chi connectivity index (χ3v) is 6.72. The molecule has 5 N–H and O–H groups in total. The van der Waals surface area contributed by atoms with Crippen molar-refractivity contribution in [3.05, 3.63) is 75.6 Å². The van der Waals surface area contributed by atoms with E-state index in [0.717, 1.165) is 5.56 Å². The van der Waals surface area contributed by atoms with Crippen LogP contribution in [0.2, 0.25) is 0 Å². The average molecular weight is 506 g/mol. The summed E-state index contributed by atoms with van der Waals surface area (Å²) in [5, 5.41) is 19.9. The fourth-order valence-corrected chi connectivity index (χ4v) is 4.07. The molecule has 1 aliphatic heterocycles. The second kappa shape index (κ2) is 9.42. The van der Waals surface area contributed by atoms with Gasteiger partial charge in [0.1, 0.15) is 29.3 Å². The Morgan fingerprint density at radius 1 is 0.973 bits per heavy atom. The number of carboxylic acid groups (broad SMARTS) is 2. The predicted octanol–water partition coefficient (Wildman–Crippen LogP) is 2.90. The molecule has 1 aliphatic rings. The highest BCUT2D eigenvalue weighted by Crippen LogP contribution is 2.39. The highest BCUT2D eigenvalue weighted by molar-refractivity contribution is 6.64. The molecule has 1 aromatic heterocycles. The van der Waals surface area contributed by atoms with Crippen LogP contribution in [0.3, 0.4) is 0 Å². The van der Waals surface area contributed by atoms with Gasteiger partial charge in [-0.3, -0.25) is 4.79 Å². The lowest BCUT2D eigenvalue weighted by Crippen LogP contribution is -2.41. The van der Waals surface area contributed by atoms with Gasteiger partial charge in [0.15, 0.2) is 0 Å². The van der Waals surface area contributed by atoms with Crippen molar-refractivity contribution >= 4 is 30.3 Å². The van der Waals surface area contributed by atoms with E-state index in [1.807, 2.05) is 58.0 Å². The lowest BCUT2D eigenvalue weighted by molar-refractivity contribution is 0.00578. The summed E-state index contributed by atoms with van der Waals surface area (Å²) >= 11 is 0. The van der Waals surface area contributed by atoms with Crippen molar-refractivity contribution in [2.75, 3.05) is 5.73 Å². The average Bonchev–Trinajstić information content (AvgIpc) is 3.03. The van der Waals surface area contributed by atoms with Crippen LogP contribution in [0, 0.1) is 0 Å². The highest BCUT2D eigenvalue weighted by atomic mass is 16.7. The molecule has 3 aromatic rings. The summed E-state index contributed by atoms with van der Waals surface area (Å²) in [6.07, 6.45) is 0. The lowest BCUT2D eigenvalue weighted by Gasteiger charge is -2.32. The lowest BCUT2D eigenvalue weighted by atomic mass is 9.73. The first-order valence-corrected chi connectivity index (χ1v) is 11.5. The summed E-state index contributed by atoms with van der Waals surface area (Å²) in [6, 6.07) is 14.1. The maximum atomic E-state index is 12.7. The number of carbonyl (C=O) groups is 2. The zero-order chi connectivity index (χ0) is 27.1. The van der Waals surface area contributed by atoms with E-state index >= 15 is 0 Å². The van der Waals surface area contributed by atoms with Gasteiger partial charge in [0, 0.05) is 5.56 Å². The molecule has 0 saturated carbocycles. The van der Waals surface area contributed by atoms with Gasteiger partial charge < -0.3 is 35.0 Å². The number of benzene rings is 2. The van der Waals surface area contributed by atoms with Crippen molar-refractivity contribution in [2.45, 2.75) is 45.5 Å². The van der Waals surface area contributed by atoms with Gasteiger partial charge in [-0.2, -0.15) is 0 Å². The third kappa shape index (κ3) is 4.83. The van der Waals surface area contributed by atoms with Crippen LogP contribution in [0.25, 0.3) is 11.1 Å². The van der Waals surface area contributed by atoms with Gasteiger partial charge in [-0.15, -0.1) is 0 Å². The number of hydrogen-bond donors (Lipinski definition) is 4. The van der Waals surface area contributed by atoms with Crippen molar-refractivity contribution in [2.24, 2.45) is 0 Å². The van der Waals surface area contributed by atoms with Crippen molar-refractivity contribution in [3.63, 3.8) is 0 Å². The Morgan fingerprint density at radius 3 is 2.14 bits per heavy atom. The van der Waals surface area contributed by atoms with Crippen LogP contribution in [-0.2, 0) is 15.9 Å². The molecule has 10 nitrogen and oxygen atoms in total. The molecule has 1 fully saturated rings. The molecule has 0 atom stereocenters. The molecule has 37 heavy (non-hydrogen) atoms. The molecule has 2 aromatic carbocycles. The number of rotatable bonds is 7. The maximum Gasteiger partial charge on any atom is 0.495 e. The van der Waals surface area contributed by atoms with Crippen LogP contribution in [0.4, 0.5) is 5.82 Å². The second-order valence-electron chi connectivity index (χ2n) is 9.71. The first kappa shape index (κ1) is 26.0. The Labute approximate surface area is 213 Å². The maximum absolute atomic E-state index is 12.7. The summed E-state index contributed by atoms with van der Waals surface area (Å²) in [5.41, 5.74) is 2.94. The van der Waals surface area contributed by atoms with E-state index < -0.39 is 52.8 Å². The van der Waals surface area contributed by atoms with Gasteiger partial charge in [-0.25, -0.2) is 9.59 Å². The molecular formula is C26H27BN2O8. The Morgan fingerprint density at radius 2 is 1.57 bits per heavy atom. The number of pyridine rings is 1. The monoisotopic (exact) mass is 506 g/mol. The molecule has 4 rings (SSSR count). The molecule has 0 aliphatic carbocycles. The second-order valence-corrected chi connectivity index (χ2v) is 9.71. The Hall–Kier alpha value is -4.09. The molecular weight excluding hydrogens is 479 g/mol. The number of nitrogens with two attached hydrogens (primary N) is 1. The minimum atomic E-state index is -1.62. The standard InChI is InChI=1S/C26H27BN2O8/c1-25(2)26(3,4)37-27(36-25)17-11-10-15(35-13-14-8-6-5-7-9-14)12-16(17)18-19(23(31)32)21(28)29-22(30)20(18)24(33)34/h5-12H,13H2,1-4H3,(H,31,32)(H,33,34)(H3,28,29,30). The van der Waals surface area contributed by atoms with E-state index in [1.54, 1.807) is 12.1 Å². The molecule has 11 heteroatoms.